The van der Waals surface area contributed by atoms with Gasteiger partial charge in [-0.1, -0.05) is 24.3 Å². The van der Waals surface area contributed by atoms with Crippen molar-refractivity contribution in [2.45, 2.75) is 19.8 Å². The molecule has 1 atom stereocenters. The summed E-state index contributed by atoms with van der Waals surface area (Å²) >= 11 is 3.52. The van der Waals surface area contributed by atoms with Gasteiger partial charge in [0.25, 0.3) is 0 Å². The molecule has 0 aromatic heterocycles. The Morgan fingerprint density at radius 2 is 2.05 bits per heavy atom. The van der Waals surface area contributed by atoms with Crippen LogP contribution in [0.15, 0.2) is 40.9 Å². The van der Waals surface area contributed by atoms with Crippen molar-refractivity contribution in [2.75, 3.05) is 11.9 Å². The fraction of sp³-hybridized carbons (Fsp3) is 0.235. The second kappa shape index (κ2) is 5.53. The van der Waals surface area contributed by atoms with E-state index in [9.17, 15) is 4.79 Å². The number of hydrogen-bond acceptors (Lipinski definition) is 2. The standard InChI is InChI=1S/C17H16BrNO2/c1-10-7-11(2)16(14(18)8-10)19-17(20)13-9-21-15-6-4-3-5-12(13)15/h3-8,13H,9H2,1-2H3,(H,19,20). The first-order valence-electron chi connectivity index (χ1n) is 6.85. The molecule has 108 valence electrons. The number of halogens is 1. The third-order valence-corrected chi connectivity index (χ3v) is 4.32. The van der Waals surface area contributed by atoms with Gasteiger partial charge in [-0.3, -0.25) is 4.79 Å². The fourth-order valence-corrected chi connectivity index (χ4v) is 3.44. The van der Waals surface area contributed by atoms with Gasteiger partial charge in [-0.2, -0.15) is 0 Å². The number of carbonyl (C=O) groups excluding carboxylic acids is 1. The third kappa shape index (κ3) is 2.68. The summed E-state index contributed by atoms with van der Waals surface area (Å²) in [6.45, 7) is 4.42. The Hall–Kier alpha value is -1.81. The van der Waals surface area contributed by atoms with Gasteiger partial charge in [0.2, 0.25) is 5.91 Å². The highest BCUT2D eigenvalue weighted by atomic mass is 79.9. The first-order chi connectivity index (χ1) is 10.1. The van der Waals surface area contributed by atoms with E-state index in [-0.39, 0.29) is 11.8 Å². The zero-order valence-electron chi connectivity index (χ0n) is 11.9. The Balaban J connectivity index is 1.86. The van der Waals surface area contributed by atoms with Crippen LogP contribution in [0, 0.1) is 13.8 Å². The van der Waals surface area contributed by atoms with Gasteiger partial charge < -0.3 is 10.1 Å². The predicted molar refractivity (Wildman–Crippen MR) is 86.9 cm³/mol. The summed E-state index contributed by atoms with van der Waals surface area (Å²) in [5, 5.41) is 3.02. The quantitative estimate of drug-likeness (QED) is 0.886. The molecule has 1 amide bonds. The van der Waals surface area contributed by atoms with Crippen LogP contribution in [-0.2, 0) is 4.79 Å². The average molecular weight is 346 g/mol. The number of hydrogen-bond donors (Lipinski definition) is 1. The number of carbonyl (C=O) groups is 1. The molecule has 0 fully saturated rings. The number of anilines is 1. The molecule has 0 saturated heterocycles. The highest BCUT2D eigenvalue weighted by molar-refractivity contribution is 9.10. The molecule has 1 unspecified atom stereocenters. The maximum atomic E-state index is 12.6. The van der Waals surface area contributed by atoms with Crippen LogP contribution in [0.5, 0.6) is 5.75 Å². The largest absolute Gasteiger partial charge is 0.492 e. The number of fused-ring (bicyclic) bond motifs is 1. The van der Waals surface area contributed by atoms with Crippen LogP contribution in [0.25, 0.3) is 0 Å². The molecular formula is C17H16BrNO2. The minimum Gasteiger partial charge on any atom is -0.492 e. The summed E-state index contributed by atoms with van der Waals surface area (Å²) in [4.78, 5) is 12.6. The normalized spacial score (nSPS) is 16.2. The van der Waals surface area contributed by atoms with E-state index in [0.717, 1.165) is 32.6 Å². The lowest BCUT2D eigenvalue weighted by molar-refractivity contribution is -0.117. The fourth-order valence-electron chi connectivity index (χ4n) is 2.66. The van der Waals surface area contributed by atoms with Crippen LogP contribution in [0.4, 0.5) is 5.69 Å². The average Bonchev–Trinajstić information content (AvgIpc) is 2.86. The molecule has 3 rings (SSSR count). The van der Waals surface area contributed by atoms with E-state index in [0.29, 0.717) is 6.61 Å². The Kier molecular flexibility index (Phi) is 3.72. The number of benzene rings is 2. The molecule has 0 spiro atoms. The summed E-state index contributed by atoms with van der Waals surface area (Å²) < 4.78 is 6.48. The first kappa shape index (κ1) is 14.1. The van der Waals surface area contributed by atoms with Crippen molar-refractivity contribution in [1.29, 1.82) is 0 Å². The topological polar surface area (TPSA) is 38.3 Å². The highest BCUT2D eigenvalue weighted by Gasteiger charge is 2.30. The van der Waals surface area contributed by atoms with Gasteiger partial charge in [-0.25, -0.2) is 0 Å². The molecule has 2 aromatic carbocycles. The van der Waals surface area contributed by atoms with Crippen molar-refractivity contribution in [3.63, 3.8) is 0 Å². The summed E-state index contributed by atoms with van der Waals surface area (Å²) in [5.41, 5.74) is 3.99. The minimum atomic E-state index is -0.256. The second-order valence-electron chi connectivity index (χ2n) is 5.33. The predicted octanol–water partition coefficient (Wildman–Crippen LogP) is 4.18. The molecule has 0 radical (unpaired) electrons. The Labute approximate surface area is 132 Å². The number of rotatable bonds is 2. The summed E-state index contributed by atoms with van der Waals surface area (Å²) in [7, 11) is 0. The molecule has 1 heterocycles. The van der Waals surface area contributed by atoms with Gasteiger partial charge in [0.15, 0.2) is 0 Å². The molecule has 1 aliphatic heterocycles. The van der Waals surface area contributed by atoms with Crippen LogP contribution >= 0.6 is 15.9 Å². The Bertz CT molecular complexity index is 689. The Morgan fingerprint density at radius 1 is 1.29 bits per heavy atom. The lowest BCUT2D eigenvalue weighted by atomic mass is 10.00. The summed E-state index contributed by atoms with van der Waals surface area (Å²) in [6.07, 6.45) is 0. The molecular weight excluding hydrogens is 330 g/mol. The van der Waals surface area contributed by atoms with Gasteiger partial charge in [-0.05, 0) is 53.0 Å². The van der Waals surface area contributed by atoms with Crippen molar-refractivity contribution in [3.05, 3.63) is 57.6 Å². The van der Waals surface area contributed by atoms with E-state index >= 15 is 0 Å². The van der Waals surface area contributed by atoms with Gasteiger partial charge in [0.1, 0.15) is 18.3 Å². The smallest absolute Gasteiger partial charge is 0.235 e. The zero-order valence-corrected chi connectivity index (χ0v) is 13.5. The minimum absolute atomic E-state index is 0.0346. The summed E-state index contributed by atoms with van der Waals surface area (Å²) in [5.74, 6) is 0.513. The van der Waals surface area contributed by atoms with Gasteiger partial charge in [0.05, 0.1) is 5.69 Å². The third-order valence-electron chi connectivity index (χ3n) is 3.70. The van der Waals surface area contributed by atoms with Crippen LogP contribution in [0.2, 0.25) is 0 Å². The van der Waals surface area contributed by atoms with Crippen LogP contribution < -0.4 is 10.1 Å². The summed E-state index contributed by atoms with van der Waals surface area (Å²) in [6, 6.07) is 11.8. The van der Waals surface area contributed by atoms with Gasteiger partial charge >= 0.3 is 0 Å². The molecule has 3 nitrogen and oxygen atoms in total. The highest BCUT2D eigenvalue weighted by Crippen LogP contribution is 2.35. The van der Waals surface area contributed by atoms with Crippen molar-refractivity contribution in [3.8, 4) is 5.75 Å². The zero-order chi connectivity index (χ0) is 15.0. The number of amides is 1. The van der Waals surface area contributed by atoms with Gasteiger partial charge in [-0.15, -0.1) is 0 Å². The van der Waals surface area contributed by atoms with Crippen molar-refractivity contribution in [2.24, 2.45) is 0 Å². The molecule has 2 aromatic rings. The van der Waals surface area contributed by atoms with Crippen molar-refractivity contribution < 1.29 is 9.53 Å². The maximum Gasteiger partial charge on any atom is 0.235 e. The monoisotopic (exact) mass is 345 g/mol. The van der Waals surface area contributed by atoms with Crippen molar-refractivity contribution in [1.82, 2.24) is 0 Å². The molecule has 0 saturated carbocycles. The Morgan fingerprint density at radius 3 is 2.81 bits per heavy atom. The van der Waals surface area contributed by atoms with E-state index in [4.69, 9.17) is 4.74 Å². The lowest BCUT2D eigenvalue weighted by Crippen LogP contribution is -2.22. The van der Waals surface area contributed by atoms with Crippen LogP contribution in [-0.4, -0.2) is 12.5 Å². The molecule has 0 bridgehead atoms. The first-order valence-corrected chi connectivity index (χ1v) is 7.65. The number of ether oxygens (including phenoxy) is 1. The van der Waals surface area contributed by atoms with E-state index in [1.54, 1.807) is 0 Å². The van der Waals surface area contributed by atoms with Gasteiger partial charge in [0, 0.05) is 10.0 Å². The van der Waals surface area contributed by atoms with E-state index in [1.165, 1.54) is 0 Å². The number of nitrogens with one attached hydrogen (secondary N) is 1. The maximum absolute atomic E-state index is 12.6. The molecule has 0 aliphatic carbocycles. The molecule has 1 N–H and O–H groups in total. The molecule has 4 heteroatoms. The van der Waals surface area contributed by atoms with E-state index in [1.807, 2.05) is 44.2 Å². The molecule has 21 heavy (non-hydrogen) atoms. The second-order valence-corrected chi connectivity index (χ2v) is 6.18. The number of aryl methyl sites for hydroxylation is 2. The van der Waals surface area contributed by atoms with E-state index < -0.39 is 0 Å². The lowest BCUT2D eigenvalue weighted by Gasteiger charge is -2.14. The van der Waals surface area contributed by atoms with Crippen LogP contribution in [0.3, 0.4) is 0 Å². The SMILES string of the molecule is Cc1cc(C)c(NC(=O)C2COc3ccccc32)c(Br)c1. The van der Waals surface area contributed by atoms with Crippen LogP contribution in [0.1, 0.15) is 22.6 Å². The van der Waals surface area contributed by atoms with Crippen molar-refractivity contribution >= 4 is 27.5 Å². The van der Waals surface area contributed by atoms with E-state index in [2.05, 4.69) is 27.3 Å². The molecule has 1 aliphatic rings. The number of para-hydroxylation sites is 1.